The van der Waals surface area contributed by atoms with Crippen LogP contribution in [-0.2, 0) is 20.1 Å². The molecule has 0 unspecified atom stereocenters. The molecule has 27 heavy (non-hydrogen) atoms. The van der Waals surface area contributed by atoms with Crippen LogP contribution in [0.25, 0.3) is 21.0 Å². The lowest BCUT2D eigenvalue weighted by Gasteiger charge is -2.11. The molecule has 3 aromatic heterocycles. The number of nitrogens with zero attached hydrogens (tertiary/aromatic N) is 4. The molecule has 0 bridgehead atoms. The van der Waals surface area contributed by atoms with E-state index in [-0.39, 0.29) is 0 Å². The van der Waals surface area contributed by atoms with Crippen molar-refractivity contribution in [1.82, 2.24) is 25.4 Å². The number of aromatic nitrogens is 3. The summed E-state index contributed by atoms with van der Waals surface area (Å²) in [5, 5.41) is 11.6. The Bertz CT molecular complexity index is 1040. The van der Waals surface area contributed by atoms with Gasteiger partial charge >= 0.3 is 0 Å². The van der Waals surface area contributed by atoms with E-state index >= 15 is 0 Å². The summed E-state index contributed by atoms with van der Waals surface area (Å²) < 4.78 is 8.94. The summed E-state index contributed by atoms with van der Waals surface area (Å²) in [6, 6.07) is 14.0. The Balaban J connectivity index is 1.37. The van der Waals surface area contributed by atoms with Crippen LogP contribution in [0.5, 0.6) is 0 Å². The second-order valence-corrected chi connectivity index (χ2v) is 7.01. The molecule has 1 aromatic carbocycles. The highest BCUT2D eigenvalue weighted by molar-refractivity contribution is 7.21. The van der Waals surface area contributed by atoms with Crippen molar-refractivity contribution in [2.45, 2.75) is 13.1 Å². The SMILES string of the molecule is CN=C(NCc1ccc(-c2nc3ccccc3s2)o1)NCc1ccnn1C. The largest absolute Gasteiger partial charge is 0.457 e. The van der Waals surface area contributed by atoms with Gasteiger partial charge in [0.15, 0.2) is 16.7 Å². The monoisotopic (exact) mass is 380 g/mol. The van der Waals surface area contributed by atoms with Crippen molar-refractivity contribution in [3.05, 3.63) is 60.1 Å². The molecule has 4 aromatic rings. The van der Waals surface area contributed by atoms with Crippen molar-refractivity contribution >= 4 is 27.5 Å². The van der Waals surface area contributed by atoms with Crippen LogP contribution in [-0.4, -0.2) is 27.8 Å². The fourth-order valence-electron chi connectivity index (χ4n) is 2.71. The van der Waals surface area contributed by atoms with Crippen LogP contribution in [0.15, 0.2) is 58.1 Å². The van der Waals surface area contributed by atoms with Crippen LogP contribution in [0.3, 0.4) is 0 Å². The summed E-state index contributed by atoms with van der Waals surface area (Å²) in [5.41, 5.74) is 2.07. The van der Waals surface area contributed by atoms with Gasteiger partial charge in [-0.3, -0.25) is 9.67 Å². The summed E-state index contributed by atoms with van der Waals surface area (Å²) in [5.74, 6) is 2.31. The minimum Gasteiger partial charge on any atom is -0.457 e. The van der Waals surface area contributed by atoms with Gasteiger partial charge < -0.3 is 15.1 Å². The maximum Gasteiger partial charge on any atom is 0.191 e. The Kier molecular flexibility index (Phi) is 4.88. The third-order valence-corrected chi connectivity index (χ3v) is 5.23. The number of thiazole rings is 1. The molecule has 0 spiro atoms. The van der Waals surface area contributed by atoms with Gasteiger partial charge in [-0.05, 0) is 30.3 Å². The molecule has 0 saturated heterocycles. The second-order valence-electron chi connectivity index (χ2n) is 5.98. The molecule has 0 radical (unpaired) electrons. The number of para-hydroxylation sites is 1. The lowest BCUT2D eigenvalue weighted by molar-refractivity contribution is 0.513. The van der Waals surface area contributed by atoms with Crippen LogP contribution in [0.4, 0.5) is 0 Å². The highest BCUT2D eigenvalue weighted by Crippen LogP contribution is 2.31. The minimum absolute atomic E-state index is 0.538. The summed E-state index contributed by atoms with van der Waals surface area (Å²) >= 11 is 1.63. The first kappa shape index (κ1) is 17.3. The molecule has 0 aliphatic rings. The Morgan fingerprint density at radius 1 is 1.15 bits per heavy atom. The maximum absolute atomic E-state index is 5.95. The van der Waals surface area contributed by atoms with Crippen molar-refractivity contribution in [3.8, 4) is 10.8 Å². The molecule has 8 heteroatoms. The van der Waals surface area contributed by atoms with E-state index in [2.05, 4.69) is 31.8 Å². The van der Waals surface area contributed by atoms with Gasteiger partial charge in [0.1, 0.15) is 5.76 Å². The Hall–Kier alpha value is -3.13. The number of nitrogens with one attached hydrogen (secondary N) is 2. The predicted molar refractivity (Wildman–Crippen MR) is 108 cm³/mol. The van der Waals surface area contributed by atoms with E-state index in [0.29, 0.717) is 19.0 Å². The standard InChI is InChI=1S/C19H20N6OS/c1-20-19(21-11-13-9-10-23-25(13)2)22-12-14-7-8-16(26-14)18-24-15-5-3-4-6-17(15)27-18/h3-10H,11-12H2,1-2H3,(H2,20,21,22). The smallest absolute Gasteiger partial charge is 0.191 e. The molecular weight excluding hydrogens is 360 g/mol. The number of aryl methyl sites for hydroxylation is 1. The van der Waals surface area contributed by atoms with Gasteiger partial charge in [-0.2, -0.15) is 5.10 Å². The zero-order chi connectivity index (χ0) is 18.6. The molecule has 0 amide bonds. The molecule has 138 valence electrons. The number of benzene rings is 1. The molecule has 0 atom stereocenters. The van der Waals surface area contributed by atoms with E-state index < -0.39 is 0 Å². The Morgan fingerprint density at radius 3 is 2.78 bits per heavy atom. The number of guanidine groups is 1. The molecular formula is C19H20N6OS. The van der Waals surface area contributed by atoms with Crippen molar-refractivity contribution in [2.24, 2.45) is 12.0 Å². The van der Waals surface area contributed by atoms with E-state index in [4.69, 9.17) is 4.42 Å². The maximum atomic E-state index is 5.95. The van der Waals surface area contributed by atoms with E-state index in [1.807, 2.05) is 48.1 Å². The van der Waals surface area contributed by atoms with E-state index in [1.54, 1.807) is 24.6 Å². The summed E-state index contributed by atoms with van der Waals surface area (Å²) in [7, 11) is 3.66. The summed E-state index contributed by atoms with van der Waals surface area (Å²) in [6.07, 6.45) is 1.78. The average Bonchev–Trinajstić information content (AvgIpc) is 3.41. The number of aliphatic imine (C=N–C) groups is 1. The van der Waals surface area contributed by atoms with E-state index in [0.717, 1.165) is 32.4 Å². The fourth-order valence-corrected chi connectivity index (χ4v) is 3.63. The van der Waals surface area contributed by atoms with Crippen molar-refractivity contribution in [1.29, 1.82) is 0 Å². The van der Waals surface area contributed by atoms with Crippen molar-refractivity contribution in [2.75, 3.05) is 7.05 Å². The van der Waals surface area contributed by atoms with Crippen molar-refractivity contribution in [3.63, 3.8) is 0 Å². The van der Waals surface area contributed by atoms with E-state index in [1.165, 1.54) is 0 Å². The Morgan fingerprint density at radius 2 is 2.00 bits per heavy atom. The third-order valence-electron chi connectivity index (χ3n) is 4.18. The molecule has 7 nitrogen and oxygen atoms in total. The average molecular weight is 380 g/mol. The highest BCUT2D eigenvalue weighted by Gasteiger charge is 2.11. The lowest BCUT2D eigenvalue weighted by Crippen LogP contribution is -2.36. The summed E-state index contributed by atoms with van der Waals surface area (Å²) in [6.45, 7) is 1.18. The van der Waals surface area contributed by atoms with E-state index in [9.17, 15) is 0 Å². The number of rotatable bonds is 5. The highest BCUT2D eigenvalue weighted by atomic mass is 32.1. The number of hydrogen-bond donors (Lipinski definition) is 2. The van der Waals surface area contributed by atoms with Crippen molar-refractivity contribution < 1.29 is 4.42 Å². The van der Waals surface area contributed by atoms with Crippen LogP contribution in [0.2, 0.25) is 0 Å². The number of hydrogen-bond acceptors (Lipinski definition) is 5. The molecule has 0 fully saturated rings. The first-order valence-electron chi connectivity index (χ1n) is 8.59. The zero-order valence-electron chi connectivity index (χ0n) is 15.1. The van der Waals surface area contributed by atoms with Gasteiger partial charge in [0.05, 0.1) is 29.0 Å². The van der Waals surface area contributed by atoms with Gasteiger partial charge in [0.2, 0.25) is 0 Å². The zero-order valence-corrected chi connectivity index (χ0v) is 16.0. The molecule has 2 N–H and O–H groups in total. The van der Waals surface area contributed by atoms with Gasteiger partial charge in [0, 0.05) is 20.3 Å². The van der Waals surface area contributed by atoms with Crippen LogP contribution in [0.1, 0.15) is 11.5 Å². The topological polar surface area (TPSA) is 80.3 Å². The minimum atomic E-state index is 0.538. The van der Waals surface area contributed by atoms with Gasteiger partial charge in [0.25, 0.3) is 0 Å². The lowest BCUT2D eigenvalue weighted by atomic mass is 10.3. The number of furan rings is 1. The quantitative estimate of drug-likeness (QED) is 0.411. The predicted octanol–water partition coefficient (Wildman–Crippen LogP) is 3.16. The normalized spacial score (nSPS) is 11.9. The fraction of sp³-hybridized carbons (Fsp3) is 0.211. The summed E-state index contributed by atoms with van der Waals surface area (Å²) in [4.78, 5) is 8.87. The van der Waals surface area contributed by atoms with Gasteiger partial charge in [-0.25, -0.2) is 4.98 Å². The molecule has 3 heterocycles. The van der Waals surface area contributed by atoms with Gasteiger partial charge in [-0.15, -0.1) is 11.3 Å². The first-order valence-corrected chi connectivity index (χ1v) is 9.40. The second kappa shape index (κ2) is 7.63. The van der Waals surface area contributed by atoms with Crippen LogP contribution in [0, 0.1) is 0 Å². The third kappa shape index (κ3) is 3.85. The molecule has 4 rings (SSSR count). The number of fused-ring (bicyclic) bond motifs is 1. The molecule has 0 saturated carbocycles. The molecule has 0 aliphatic heterocycles. The molecule has 0 aliphatic carbocycles. The Labute approximate surface area is 160 Å². The van der Waals surface area contributed by atoms with Gasteiger partial charge in [-0.1, -0.05) is 12.1 Å². The van der Waals surface area contributed by atoms with Crippen LogP contribution < -0.4 is 10.6 Å². The first-order chi connectivity index (χ1) is 13.2. The van der Waals surface area contributed by atoms with Crippen LogP contribution >= 0.6 is 11.3 Å².